The van der Waals surface area contributed by atoms with Crippen molar-refractivity contribution in [2.75, 3.05) is 19.6 Å². The zero-order valence-corrected chi connectivity index (χ0v) is 14.7. The van der Waals surface area contributed by atoms with Crippen LogP contribution in [0.3, 0.4) is 0 Å². The normalized spacial score (nSPS) is 26.5. The Morgan fingerprint density at radius 1 is 0.875 bits per heavy atom. The first-order valence-electron chi connectivity index (χ1n) is 9.17. The van der Waals surface area contributed by atoms with Gasteiger partial charge in [-0.25, -0.2) is 0 Å². The molecule has 24 heavy (non-hydrogen) atoms. The Hall–Kier alpha value is -1.64. The van der Waals surface area contributed by atoms with E-state index in [1.807, 2.05) is 0 Å². The van der Waals surface area contributed by atoms with E-state index >= 15 is 0 Å². The first-order chi connectivity index (χ1) is 11.6. The highest BCUT2D eigenvalue weighted by molar-refractivity contribution is 5.45. The third-order valence-corrected chi connectivity index (χ3v) is 6.30. The molecule has 2 aromatic rings. The molecule has 1 N–H and O–H groups in total. The number of aryl methyl sites for hydroxylation is 2. The van der Waals surface area contributed by atoms with Crippen molar-refractivity contribution in [2.24, 2.45) is 11.8 Å². The van der Waals surface area contributed by atoms with E-state index in [2.05, 4.69) is 67.3 Å². The topological polar surface area (TPSA) is 23.5 Å². The van der Waals surface area contributed by atoms with Crippen molar-refractivity contribution in [3.05, 3.63) is 70.8 Å². The zero-order valence-electron chi connectivity index (χ0n) is 14.7. The molecule has 2 heteroatoms. The monoisotopic (exact) mass is 321 g/mol. The molecule has 0 aliphatic carbocycles. The highest BCUT2D eigenvalue weighted by Crippen LogP contribution is 2.48. The molecule has 0 spiro atoms. The van der Waals surface area contributed by atoms with Gasteiger partial charge in [-0.15, -0.1) is 0 Å². The van der Waals surface area contributed by atoms with Crippen LogP contribution in [0, 0.1) is 25.7 Å². The lowest BCUT2D eigenvalue weighted by molar-refractivity contribution is -0.0770. The number of hydrogen-bond donors (Lipinski definition) is 1. The van der Waals surface area contributed by atoms with E-state index < -0.39 is 5.60 Å². The van der Waals surface area contributed by atoms with Crippen LogP contribution in [0.5, 0.6) is 0 Å². The van der Waals surface area contributed by atoms with Crippen LogP contribution in [0.2, 0.25) is 0 Å². The predicted molar refractivity (Wildman–Crippen MR) is 98.0 cm³/mol. The lowest BCUT2D eigenvalue weighted by Crippen LogP contribution is -2.55. The summed E-state index contributed by atoms with van der Waals surface area (Å²) in [7, 11) is 0. The molecule has 1 atom stereocenters. The molecule has 0 radical (unpaired) electrons. The van der Waals surface area contributed by atoms with Crippen molar-refractivity contribution < 1.29 is 5.11 Å². The molecule has 0 saturated carbocycles. The van der Waals surface area contributed by atoms with Gasteiger partial charge in [0.05, 0.1) is 0 Å². The second-order valence-corrected chi connectivity index (χ2v) is 7.64. The molecule has 3 aliphatic heterocycles. The summed E-state index contributed by atoms with van der Waals surface area (Å²) in [6.45, 7) is 7.64. The second kappa shape index (κ2) is 6.02. The standard InChI is InChI=1S/C22H27NO/c1-16-7-3-5-9-19(16)22(24,20-10-6-4-8-17(20)2)21-15-23-13-11-18(21)12-14-23/h3-10,18,21,24H,11-15H2,1-2H3/t21-/m1/s1. The molecular weight excluding hydrogens is 294 g/mol. The van der Waals surface area contributed by atoms with Gasteiger partial charge in [0.25, 0.3) is 0 Å². The van der Waals surface area contributed by atoms with E-state index in [4.69, 9.17) is 0 Å². The van der Waals surface area contributed by atoms with E-state index in [9.17, 15) is 5.11 Å². The number of fused-ring (bicyclic) bond motifs is 3. The Bertz CT molecular complexity index is 685. The number of piperidine rings is 3. The molecule has 3 fully saturated rings. The SMILES string of the molecule is Cc1ccccc1C(O)(c1ccccc1C)[C@@H]1CN2CCC1CC2. The number of aliphatic hydroxyl groups is 1. The van der Waals surface area contributed by atoms with Crippen molar-refractivity contribution >= 4 is 0 Å². The van der Waals surface area contributed by atoms with Crippen LogP contribution < -0.4 is 0 Å². The van der Waals surface area contributed by atoms with Crippen molar-refractivity contribution in [1.29, 1.82) is 0 Å². The fraction of sp³-hybridized carbons (Fsp3) is 0.455. The van der Waals surface area contributed by atoms with Crippen LogP contribution in [0.15, 0.2) is 48.5 Å². The van der Waals surface area contributed by atoms with E-state index in [0.29, 0.717) is 5.92 Å². The predicted octanol–water partition coefficient (Wildman–Crippen LogP) is 3.88. The molecule has 126 valence electrons. The van der Waals surface area contributed by atoms with Gasteiger partial charge in [0.1, 0.15) is 5.60 Å². The number of rotatable bonds is 3. The van der Waals surface area contributed by atoms with Gasteiger partial charge in [0.2, 0.25) is 0 Å². The summed E-state index contributed by atoms with van der Waals surface area (Å²) < 4.78 is 0. The van der Waals surface area contributed by atoms with Gasteiger partial charge < -0.3 is 10.0 Å². The minimum Gasteiger partial charge on any atom is -0.380 e. The van der Waals surface area contributed by atoms with Crippen LogP contribution in [-0.4, -0.2) is 29.6 Å². The fourth-order valence-corrected chi connectivity index (χ4v) is 4.98. The highest BCUT2D eigenvalue weighted by Gasteiger charge is 2.49. The summed E-state index contributed by atoms with van der Waals surface area (Å²) in [5.41, 5.74) is 3.62. The summed E-state index contributed by atoms with van der Waals surface area (Å²) in [6, 6.07) is 16.7. The summed E-state index contributed by atoms with van der Waals surface area (Å²) in [6.07, 6.45) is 2.43. The summed E-state index contributed by atoms with van der Waals surface area (Å²) in [4.78, 5) is 2.53. The maximum absolute atomic E-state index is 12.2. The molecule has 0 amide bonds. The van der Waals surface area contributed by atoms with Gasteiger partial charge in [-0.1, -0.05) is 48.5 Å². The summed E-state index contributed by atoms with van der Waals surface area (Å²) in [5, 5.41) is 12.2. The average Bonchev–Trinajstić information content (AvgIpc) is 2.63. The van der Waals surface area contributed by atoms with Gasteiger partial charge >= 0.3 is 0 Å². The maximum atomic E-state index is 12.2. The molecule has 2 nitrogen and oxygen atoms in total. The first-order valence-corrected chi connectivity index (χ1v) is 9.17. The number of nitrogens with zero attached hydrogens (tertiary/aromatic N) is 1. The largest absolute Gasteiger partial charge is 0.380 e. The molecule has 0 unspecified atom stereocenters. The molecule has 0 aromatic heterocycles. The molecule has 3 saturated heterocycles. The third kappa shape index (κ3) is 2.40. The summed E-state index contributed by atoms with van der Waals surface area (Å²) in [5.74, 6) is 0.876. The lowest BCUT2D eigenvalue weighted by Gasteiger charge is -2.52. The summed E-state index contributed by atoms with van der Waals surface area (Å²) >= 11 is 0. The van der Waals surface area contributed by atoms with E-state index in [1.54, 1.807) is 0 Å². The molecule has 2 aromatic carbocycles. The lowest BCUT2D eigenvalue weighted by atomic mass is 9.64. The van der Waals surface area contributed by atoms with Crippen molar-refractivity contribution in [3.63, 3.8) is 0 Å². The van der Waals surface area contributed by atoms with E-state index in [1.165, 1.54) is 37.1 Å². The number of benzene rings is 2. The molecule has 2 bridgehead atoms. The first kappa shape index (κ1) is 15.9. The minimum atomic E-state index is -0.902. The van der Waals surface area contributed by atoms with Gasteiger partial charge in [0.15, 0.2) is 0 Å². The number of hydrogen-bond acceptors (Lipinski definition) is 2. The average molecular weight is 321 g/mol. The van der Waals surface area contributed by atoms with Gasteiger partial charge in [-0.3, -0.25) is 0 Å². The Labute approximate surface area is 145 Å². The maximum Gasteiger partial charge on any atom is 0.119 e. The smallest absolute Gasteiger partial charge is 0.119 e. The van der Waals surface area contributed by atoms with Crippen LogP contribution in [0.4, 0.5) is 0 Å². The second-order valence-electron chi connectivity index (χ2n) is 7.64. The molecule has 3 heterocycles. The minimum absolute atomic E-state index is 0.266. The quantitative estimate of drug-likeness (QED) is 0.927. The molecule has 3 aliphatic rings. The highest BCUT2D eigenvalue weighted by atomic mass is 16.3. The Balaban J connectivity index is 1.90. The third-order valence-electron chi connectivity index (χ3n) is 6.30. The Kier molecular flexibility index (Phi) is 3.98. The van der Waals surface area contributed by atoms with Gasteiger partial charge in [-0.2, -0.15) is 0 Å². The molecule has 5 rings (SSSR count). The Morgan fingerprint density at radius 2 is 1.38 bits per heavy atom. The zero-order chi connectivity index (χ0) is 16.7. The fourth-order valence-electron chi connectivity index (χ4n) is 4.98. The van der Waals surface area contributed by atoms with Crippen LogP contribution in [0.25, 0.3) is 0 Å². The van der Waals surface area contributed by atoms with Gasteiger partial charge in [-0.05, 0) is 68.0 Å². The van der Waals surface area contributed by atoms with Crippen molar-refractivity contribution in [3.8, 4) is 0 Å². The van der Waals surface area contributed by atoms with Crippen LogP contribution in [0.1, 0.15) is 35.1 Å². The van der Waals surface area contributed by atoms with Crippen molar-refractivity contribution in [1.82, 2.24) is 4.90 Å². The van der Waals surface area contributed by atoms with Crippen LogP contribution in [-0.2, 0) is 5.60 Å². The van der Waals surface area contributed by atoms with E-state index in [-0.39, 0.29) is 5.92 Å². The van der Waals surface area contributed by atoms with Crippen molar-refractivity contribution in [2.45, 2.75) is 32.3 Å². The van der Waals surface area contributed by atoms with Gasteiger partial charge in [0, 0.05) is 12.5 Å². The van der Waals surface area contributed by atoms with Crippen LogP contribution >= 0.6 is 0 Å². The molecular formula is C22H27NO. The van der Waals surface area contributed by atoms with E-state index in [0.717, 1.165) is 17.7 Å². The Morgan fingerprint density at radius 3 is 1.79 bits per heavy atom.